The van der Waals surface area contributed by atoms with Crippen LogP contribution in [0.2, 0.25) is 0 Å². The van der Waals surface area contributed by atoms with Crippen LogP contribution >= 0.6 is 0 Å². The molecule has 28 heavy (non-hydrogen) atoms. The van der Waals surface area contributed by atoms with Crippen molar-refractivity contribution in [3.8, 4) is 0 Å². The summed E-state index contributed by atoms with van der Waals surface area (Å²) < 4.78 is 21.2. The lowest BCUT2D eigenvalue weighted by molar-refractivity contribution is -1.02. The van der Waals surface area contributed by atoms with Crippen LogP contribution in [0.15, 0.2) is 36.9 Å². The summed E-state index contributed by atoms with van der Waals surface area (Å²) in [6.07, 6.45) is 4.28. The molecule has 150 valence electrons. The number of benzene rings is 1. The molecule has 3 heterocycles. The van der Waals surface area contributed by atoms with Crippen LogP contribution in [0.5, 0.6) is 0 Å². The van der Waals surface area contributed by atoms with Crippen molar-refractivity contribution in [1.82, 2.24) is 20.2 Å². The van der Waals surface area contributed by atoms with Crippen molar-refractivity contribution in [2.24, 2.45) is 0 Å². The van der Waals surface area contributed by atoms with E-state index in [1.54, 1.807) is 4.90 Å². The molecule has 2 N–H and O–H groups in total. The second-order valence-electron chi connectivity index (χ2n) is 7.74. The van der Waals surface area contributed by atoms with E-state index in [2.05, 4.69) is 22.1 Å². The zero-order valence-corrected chi connectivity index (χ0v) is 16.2. The van der Waals surface area contributed by atoms with E-state index in [0.29, 0.717) is 6.54 Å². The van der Waals surface area contributed by atoms with Crippen LogP contribution in [0.4, 0.5) is 4.39 Å². The van der Waals surface area contributed by atoms with Gasteiger partial charge in [-0.2, -0.15) is 0 Å². The van der Waals surface area contributed by atoms with E-state index in [0.717, 1.165) is 63.6 Å². The lowest BCUT2D eigenvalue weighted by Gasteiger charge is -2.34. The van der Waals surface area contributed by atoms with Crippen molar-refractivity contribution in [2.75, 3.05) is 39.3 Å². The lowest BCUT2D eigenvalue weighted by atomic mass is 10.0. The first-order valence-electron chi connectivity index (χ1n) is 10.2. The SMILES string of the molecule is C=CC[NH+]1CC[NH+]([C@@H](c2ccc(F)cc2)c2nnnn2C[C@@H]2CCCO2)CC1. The van der Waals surface area contributed by atoms with Crippen molar-refractivity contribution in [2.45, 2.75) is 31.5 Å². The van der Waals surface area contributed by atoms with Crippen LogP contribution in [0, 0.1) is 5.82 Å². The Hall–Kier alpha value is -2.16. The summed E-state index contributed by atoms with van der Waals surface area (Å²) in [6.45, 7) is 10.5. The van der Waals surface area contributed by atoms with Crippen molar-refractivity contribution in [3.05, 3.63) is 54.1 Å². The monoisotopic (exact) mass is 388 g/mol. The summed E-state index contributed by atoms with van der Waals surface area (Å²) in [5.74, 6) is 0.612. The van der Waals surface area contributed by atoms with Gasteiger partial charge in [-0.25, -0.2) is 9.07 Å². The van der Waals surface area contributed by atoms with E-state index in [1.165, 1.54) is 17.0 Å². The molecule has 2 aliphatic rings. The van der Waals surface area contributed by atoms with E-state index in [9.17, 15) is 4.39 Å². The Morgan fingerprint density at radius 2 is 2.04 bits per heavy atom. The number of quaternary nitrogens is 2. The van der Waals surface area contributed by atoms with Gasteiger partial charge in [0.05, 0.1) is 19.2 Å². The number of piperazine rings is 1. The molecule has 8 heteroatoms. The largest absolute Gasteiger partial charge is 0.376 e. The molecule has 7 nitrogen and oxygen atoms in total. The summed E-state index contributed by atoms with van der Waals surface area (Å²) in [5, 5.41) is 12.6. The van der Waals surface area contributed by atoms with Crippen molar-refractivity contribution >= 4 is 0 Å². The molecule has 0 radical (unpaired) electrons. The van der Waals surface area contributed by atoms with Gasteiger partial charge in [0.1, 0.15) is 32.0 Å². The van der Waals surface area contributed by atoms with Gasteiger partial charge in [0.2, 0.25) is 5.82 Å². The number of hydrogen-bond acceptors (Lipinski definition) is 4. The summed E-state index contributed by atoms with van der Waals surface area (Å²) in [4.78, 5) is 2.97. The normalized spacial score (nSPS) is 26.2. The minimum atomic E-state index is -0.225. The van der Waals surface area contributed by atoms with Crippen molar-refractivity contribution in [3.63, 3.8) is 0 Å². The maximum Gasteiger partial charge on any atom is 0.214 e. The summed E-state index contributed by atoms with van der Waals surface area (Å²) in [7, 11) is 0. The number of halogens is 1. The maximum absolute atomic E-state index is 13.5. The van der Waals surface area contributed by atoms with Gasteiger partial charge in [-0.3, -0.25) is 0 Å². The molecule has 0 aliphatic carbocycles. The molecule has 0 spiro atoms. The van der Waals surface area contributed by atoms with E-state index in [4.69, 9.17) is 4.74 Å². The van der Waals surface area contributed by atoms with E-state index >= 15 is 0 Å². The van der Waals surface area contributed by atoms with Gasteiger partial charge in [0, 0.05) is 12.2 Å². The minimum absolute atomic E-state index is 0.0118. The third kappa shape index (κ3) is 4.29. The predicted octanol–water partition coefficient (Wildman–Crippen LogP) is -0.950. The van der Waals surface area contributed by atoms with Crippen molar-refractivity contribution in [1.29, 1.82) is 0 Å². The standard InChI is InChI=1S/C20H27FN6O/c1-2-9-25-10-12-26(13-11-25)19(16-5-7-17(21)8-6-16)20-22-23-24-27(20)15-18-4-3-14-28-18/h2,5-8,18-19H,1,3-4,9-15H2/p+2/t18-,19-/m0/s1. The fourth-order valence-corrected chi connectivity index (χ4v) is 4.37. The van der Waals surface area contributed by atoms with Gasteiger partial charge in [-0.15, -0.1) is 5.10 Å². The maximum atomic E-state index is 13.5. The number of tetrazole rings is 1. The topological polar surface area (TPSA) is 61.7 Å². The van der Waals surface area contributed by atoms with Gasteiger partial charge in [0.25, 0.3) is 0 Å². The molecule has 2 fully saturated rings. The minimum Gasteiger partial charge on any atom is -0.376 e. The second kappa shape index (κ2) is 8.89. The molecule has 1 aromatic carbocycles. The predicted molar refractivity (Wildman–Crippen MR) is 101 cm³/mol. The molecule has 0 bridgehead atoms. The van der Waals surface area contributed by atoms with Gasteiger partial charge >= 0.3 is 0 Å². The molecule has 0 saturated carbocycles. The van der Waals surface area contributed by atoms with Crippen LogP contribution in [0.3, 0.4) is 0 Å². The van der Waals surface area contributed by atoms with Gasteiger partial charge < -0.3 is 14.5 Å². The molecule has 2 aliphatic heterocycles. The molecule has 2 saturated heterocycles. The van der Waals surface area contributed by atoms with Crippen LogP contribution < -0.4 is 9.80 Å². The number of nitrogens with one attached hydrogen (secondary N) is 2. The molecular formula is C20H29FN6O+2. The first-order chi connectivity index (χ1) is 13.7. The highest BCUT2D eigenvalue weighted by Gasteiger charge is 2.35. The second-order valence-corrected chi connectivity index (χ2v) is 7.74. The first-order valence-corrected chi connectivity index (χ1v) is 10.2. The highest BCUT2D eigenvalue weighted by atomic mass is 19.1. The van der Waals surface area contributed by atoms with E-state index in [-0.39, 0.29) is 18.0 Å². The quantitative estimate of drug-likeness (QED) is 0.601. The zero-order valence-electron chi connectivity index (χ0n) is 16.2. The molecule has 2 aromatic rings. The Kier molecular flexibility index (Phi) is 6.09. The number of aromatic nitrogens is 4. The molecular weight excluding hydrogens is 359 g/mol. The summed E-state index contributed by atoms with van der Waals surface area (Å²) in [6, 6.07) is 6.76. The van der Waals surface area contributed by atoms with Gasteiger partial charge in [0.15, 0.2) is 6.04 Å². The average molecular weight is 388 g/mol. The van der Waals surface area contributed by atoms with E-state index < -0.39 is 0 Å². The third-order valence-corrected chi connectivity index (χ3v) is 5.86. The number of hydrogen-bond donors (Lipinski definition) is 2. The smallest absolute Gasteiger partial charge is 0.214 e. The van der Waals surface area contributed by atoms with Gasteiger partial charge in [-0.05, 0) is 53.6 Å². The Balaban J connectivity index is 1.60. The molecule has 4 rings (SSSR count). The fourth-order valence-electron chi connectivity index (χ4n) is 4.37. The first kappa shape index (κ1) is 19.2. The highest BCUT2D eigenvalue weighted by molar-refractivity contribution is 5.23. The summed E-state index contributed by atoms with van der Waals surface area (Å²) >= 11 is 0. The Morgan fingerprint density at radius 3 is 2.71 bits per heavy atom. The van der Waals surface area contributed by atoms with Crippen LogP contribution in [-0.2, 0) is 11.3 Å². The van der Waals surface area contributed by atoms with Crippen LogP contribution in [0.1, 0.15) is 30.3 Å². The number of nitrogens with zero attached hydrogens (tertiary/aromatic N) is 4. The Bertz CT molecular complexity index is 765. The lowest BCUT2D eigenvalue weighted by Crippen LogP contribution is -3.28. The van der Waals surface area contributed by atoms with Crippen molar-refractivity contribution < 1.29 is 18.9 Å². The van der Waals surface area contributed by atoms with Crippen LogP contribution in [0.25, 0.3) is 0 Å². The number of rotatable bonds is 7. The number of ether oxygens (including phenoxy) is 1. The van der Waals surface area contributed by atoms with Crippen LogP contribution in [-0.4, -0.2) is 65.6 Å². The third-order valence-electron chi connectivity index (χ3n) is 5.86. The molecule has 0 amide bonds. The molecule has 1 aromatic heterocycles. The average Bonchev–Trinajstić information content (AvgIpc) is 3.38. The Morgan fingerprint density at radius 1 is 1.25 bits per heavy atom. The zero-order chi connectivity index (χ0) is 19.3. The van der Waals surface area contributed by atoms with E-state index in [1.807, 2.05) is 22.9 Å². The Labute approximate surface area is 164 Å². The molecule has 0 unspecified atom stereocenters. The highest BCUT2D eigenvalue weighted by Crippen LogP contribution is 2.20. The summed E-state index contributed by atoms with van der Waals surface area (Å²) in [5.41, 5.74) is 1.05. The van der Waals surface area contributed by atoms with Gasteiger partial charge in [-0.1, -0.05) is 6.58 Å². The molecule has 2 atom stereocenters. The fraction of sp³-hybridized carbons (Fsp3) is 0.550.